The predicted octanol–water partition coefficient (Wildman–Crippen LogP) is 1.99. The van der Waals surface area contributed by atoms with Crippen LogP contribution in [0.25, 0.3) is 0 Å². The van der Waals surface area contributed by atoms with Crippen molar-refractivity contribution in [3.05, 3.63) is 30.1 Å². The molecule has 0 aliphatic heterocycles. The van der Waals surface area contributed by atoms with Crippen LogP contribution in [0.15, 0.2) is 24.5 Å². The third kappa shape index (κ3) is 4.40. The first-order chi connectivity index (χ1) is 7.59. The second kappa shape index (κ2) is 6.23. The minimum atomic E-state index is -0.748. The van der Waals surface area contributed by atoms with Gasteiger partial charge in [0.15, 0.2) is 0 Å². The molecule has 2 atom stereocenters. The first kappa shape index (κ1) is 12.6. The average molecular weight is 222 g/mol. The molecule has 0 fully saturated rings. The highest BCUT2D eigenvalue weighted by atomic mass is 16.4. The Morgan fingerprint density at radius 2 is 2.31 bits per heavy atom. The van der Waals surface area contributed by atoms with Gasteiger partial charge in [0.1, 0.15) is 0 Å². The van der Waals surface area contributed by atoms with Crippen LogP contribution in [0.5, 0.6) is 0 Å². The van der Waals surface area contributed by atoms with Crippen LogP contribution in [-0.2, 0) is 4.79 Å². The standard InChI is InChI=1S/C12H18N2O2/c1-9(5-6-12(15)16)14-10(2)11-4-3-7-13-8-11/h3-4,7-10,14H,5-6H2,1-2H3,(H,15,16). The lowest BCUT2D eigenvalue weighted by molar-refractivity contribution is -0.137. The largest absolute Gasteiger partial charge is 0.481 e. The Morgan fingerprint density at radius 3 is 2.88 bits per heavy atom. The number of carboxylic acid groups (broad SMARTS) is 1. The van der Waals surface area contributed by atoms with Crippen LogP contribution >= 0.6 is 0 Å². The van der Waals surface area contributed by atoms with Crippen molar-refractivity contribution in [2.45, 2.75) is 38.8 Å². The third-order valence-corrected chi connectivity index (χ3v) is 2.51. The molecule has 0 aliphatic rings. The summed E-state index contributed by atoms with van der Waals surface area (Å²) in [5.41, 5.74) is 1.12. The zero-order valence-electron chi connectivity index (χ0n) is 9.68. The SMILES string of the molecule is CC(CCC(=O)O)NC(C)c1cccnc1. The van der Waals surface area contributed by atoms with E-state index < -0.39 is 5.97 Å². The Labute approximate surface area is 95.7 Å². The highest BCUT2D eigenvalue weighted by Gasteiger charge is 2.10. The lowest BCUT2D eigenvalue weighted by atomic mass is 10.1. The molecule has 0 radical (unpaired) electrons. The smallest absolute Gasteiger partial charge is 0.303 e. The third-order valence-electron chi connectivity index (χ3n) is 2.51. The molecule has 0 aromatic carbocycles. The summed E-state index contributed by atoms with van der Waals surface area (Å²) in [6.45, 7) is 4.05. The molecule has 0 amide bonds. The zero-order chi connectivity index (χ0) is 12.0. The number of carbonyl (C=O) groups is 1. The van der Waals surface area contributed by atoms with Gasteiger partial charge in [-0.2, -0.15) is 0 Å². The average Bonchev–Trinajstić information content (AvgIpc) is 2.27. The maximum atomic E-state index is 10.4. The van der Waals surface area contributed by atoms with Gasteiger partial charge in [-0.15, -0.1) is 0 Å². The number of carboxylic acids is 1. The number of aliphatic carboxylic acids is 1. The van der Waals surface area contributed by atoms with E-state index in [1.54, 1.807) is 6.20 Å². The molecule has 0 spiro atoms. The number of aromatic nitrogens is 1. The van der Waals surface area contributed by atoms with E-state index in [9.17, 15) is 4.79 Å². The van der Waals surface area contributed by atoms with Crippen molar-refractivity contribution in [1.29, 1.82) is 0 Å². The fourth-order valence-corrected chi connectivity index (χ4v) is 1.58. The lowest BCUT2D eigenvalue weighted by Gasteiger charge is -2.19. The van der Waals surface area contributed by atoms with E-state index in [1.807, 2.05) is 32.2 Å². The monoisotopic (exact) mass is 222 g/mol. The summed E-state index contributed by atoms with van der Waals surface area (Å²) in [4.78, 5) is 14.5. The maximum Gasteiger partial charge on any atom is 0.303 e. The van der Waals surface area contributed by atoms with E-state index >= 15 is 0 Å². The molecule has 1 heterocycles. The molecule has 0 saturated heterocycles. The summed E-state index contributed by atoms with van der Waals surface area (Å²) >= 11 is 0. The van der Waals surface area contributed by atoms with E-state index in [2.05, 4.69) is 10.3 Å². The molecular weight excluding hydrogens is 204 g/mol. The van der Waals surface area contributed by atoms with Crippen LogP contribution in [0, 0.1) is 0 Å². The summed E-state index contributed by atoms with van der Waals surface area (Å²) in [6, 6.07) is 4.29. The molecule has 88 valence electrons. The highest BCUT2D eigenvalue weighted by molar-refractivity contribution is 5.66. The van der Waals surface area contributed by atoms with Gasteiger partial charge in [-0.05, 0) is 31.9 Å². The number of nitrogens with zero attached hydrogens (tertiary/aromatic N) is 1. The van der Waals surface area contributed by atoms with Crippen molar-refractivity contribution in [3.63, 3.8) is 0 Å². The minimum absolute atomic E-state index is 0.186. The second-order valence-electron chi connectivity index (χ2n) is 4.01. The first-order valence-corrected chi connectivity index (χ1v) is 5.47. The van der Waals surface area contributed by atoms with Crippen LogP contribution in [-0.4, -0.2) is 22.1 Å². The van der Waals surface area contributed by atoms with Crippen LogP contribution in [0.1, 0.15) is 38.3 Å². The van der Waals surface area contributed by atoms with Gasteiger partial charge in [0.25, 0.3) is 0 Å². The molecule has 4 nitrogen and oxygen atoms in total. The molecule has 1 aromatic heterocycles. The molecule has 1 aromatic rings. The lowest BCUT2D eigenvalue weighted by Crippen LogP contribution is -2.29. The first-order valence-electron chi connectivity index (χ1n) is 5.47. The van der Waals surface area contributed by atoms with E-state index in [0.29, 0.717) is 6.42 Å². The summed E-state index contributed by atoms with van der Waals surface area (Å²) in [5.74, 6) is -0.748. The van der Waals surface area contributed by atoms with Gasteiger partial charge in [0.05, 0.1) is 0 Å². The van der Waals surface area contributed by atoms with Gasteiger partial charge < -0.3 is 10.4 Å². The molecule has 16 heavy (non-hydrogen) atoms. The summed E-state index contributed by atoms with van der Waals surface area (Å²) < 4.78 is 0. The highest BCUT2D eigenvalue weighted by Crippen LogP contribution is 2.12. The van der Waals surface area contributed by atoms with Crippen LogP contribution < -0.4 is 5.32 Å². The van der Waals surface area contributed by atoms with Crippen molar-refractivity contribution in [1.82, 2.24) is 10.3 Å². The molecule has 1 rings (SSSR count). The van der Waals surface area contributed by atoms with E-state index in [0.717, 1.165) is 5.56 Å². The summed E-state index contributed by atoms with van der Waals surface area (Å²) in [5, 5.41) is 11.9. The fraction of sp³-hybridized carbons (Fsp3) is 0.500. The predicted molar refractivity (Wildman–Crippen MR) is 62.1 cm³/mol. The molecule has 2 N–H and O–H groups in total. The summed E-state index contributed by atoms with van der Waals surface area (Å²) in [6.07, 6.45) is 4.40. The van der Waals surface area contributed by atoms with Gasteiger partial charge in [0, 0.05) is 30.9 Å². The number of rotatable bonds is 6. The summed E-state index contributed by atoms with van der Waals surface area (Å²) in [7, 11) is 0. The minimum Gasteiger partial charge on any atom is -0.481 e. The second-order valence-corrected chi connectivity index (χ2v) is 4.01. The fourth-order valence-electron chi connectivity index (χ4n) is 1.58. The maximum absolute atomic E-state index is 10.4. The van der Waals surface area contributed by atoms with E-state index in [4.69, 9.17) is 5.11 Å². The number of pyridine rings is 1. The van der Waals surface area contributed by atoms with Gasteiger partial charge in [0.2, 0.25) is 0 Å². The number of hydrogen-bond acceptors (Lipinski definition) is 3. The van der Waals surface area contributed by atoms with Crippen LogP contribution in [0.2, 0.25) is 0 Å². The Bertz CT molecular complexity index is 327. The number of hydrogen-bond donors (Lipinski definition) is 2. The van der Waals surface area contributed by atoms with Gasteiger partial charge in [-0.25, -0.2) is 0 Å². The van der Waals surface area contributed by atoms with Crippen LogP contribution in [0.3, 0.4) is 0 Å². The van der Waals surface area contributed by atoms with E-state index in [-0.39, 0.29) is 18.5 Å². The van der Waals surface area contributed by atoms with Gasteiger partial charge in [-0.1, -0.05) is 6.07 Å². The van der Waals surface area contributed by atoms with Gasteiger partial charge >= 0.3 is 5.97 Å². The zero-order valence-corrected chi connectivity index (χ0v) is 9.68. The molecule has 4 heteroatoms. The Balaban J connectivity index is 2.39. The van der Waals surface area contributed by atoms with Crippen molar-refractivity contribution in [2.75, 3.05) is 0 Å². The molecule has 2 unspecified atom stereocenters. The van der Waals surface area contributed by atoms with E-state index in [1.165, 1.54) is 0 Å². The van der Waals surface area contributed by atoms with Gasteiger partial charge in [-0.3, -0.25) is 9.78 Å². The molecular formula is C12H18N2O2. The Morgan fingerprint density at radius 1 is 1.56 bits per heavy atom. The molecule has 0 aliphatic carbocycles. The Hall–Kier alpha value is -1.42. The van der Waals surface area contributed by atoms with Crippen LogP contribution in [0.4, 0.5) is 0 Å². The molecule has 0 bridgehead atoms. The van der Waals surface area contributed by atoms with Crippen molar-refractivity contribution in [2.24, 2.45) is 0 Å². The quantitative estimate of drug-likeness (QED) is 0.772. The van der Waals surface area contributed by atoms with Crippen molar-refractivity contribution >= 4 is 5.97 Å². The Kier molecular flexibility index (Phi) is 4.92. The van der Waals surface area contributed by atoms with Crippen molar-refractivity contribution in [3.8, 4) is 0 Å². The topological polar surface area (TPSA) is 62.2 Å². The number of nitrogens with one attached hydrogen (secondary N) is 1. The normalized spacial score (nSPS) is 14.4. The van der Waals surface area contributed by atoms with Crippen molar-refractivity contribution < 1.29 is 9.90 Å². The molecule has 0 saturated carbocycles.